The van der Waals surface area contributed by atoms with E-state index in [9.17, 15) is 9.59 Å². The summed E-state index contributed by atoms with van der Waals surface area (Å²) >= 11 is 0. The summed E-state index contributed by atoms with van der Waals surface area (Å²) in [5, 5.41) is 8.82. The maximum absolute atomic E-state index is 12.1. The van der Waals surface area contributed by atoms with Gasteiger partial charge in [-0.25, -0.2) is 4.68 Å². The van der Waals surface area contributed by atoms with Crippen molar-refractivity contribution >= 4 is 11.8 Å². The molecule has 2 aliphatic carbocycles. The molecule has 1 saturated carbocycles. The Kier molecular flexibility index (Phi) is 25.7. The Morgan fingerprint density at radius 3 is 1.80 bits per heavy atom. The zero-order chi connectivity index (χ0) is 36.4. The third-order valence-corrected chi connectivity index (χ3v) is 9.46. The van der Waals surface area contributed by atoms with Gasteiger partial charge in [-0.15, -0.1) is 5.10 Å². The van der Waals surface area contributed by atoms with E-state index in [0.717, 1.165) is 50.5 Å². The monoisotopic (exact) mass is 692 g/mol. The molecule has 8 nitrogen and oxygen atoms in total. The van der Waals surface area contributed by atoms with Crippen LogP contribution in [0.1, 0.15) is 164 Å². The largest absolute Gasteiger partial charge is 0.465 e. The molecule has 1 aromatic rings. The highest BCUT2D eigenvalue weighted by Gasteiger charge is 2.50. The Morgan fingerprint density at radius 2 is 1.29 bits per heavy atom. The molecule has 2 aliphatic rings. The Hall–Kier alpha value is -1.80. The Morgan fingerprint density at radius 1 is 0.735 bits per heavy atom. The third-order valence-electron chi connectivity index (χ3n) is 9.46. The minimum absolute atomic E-state index is 0.129. The van der Waals surface area contributed by atoms with E-state index in [1.807, 2.05) is 0 Å². The van der Waals surface area contributed by atoms with Crippen LogP contribution >= 0.6 is 0 Å². The number of esters is 1. The Balaban J connectivity index is 0.000000620. The number of carbonyl (C=O) groups excluding carboxylic acids is 2. The van der Waals surface area contributed by atoms with Crippen molar-refractivity contribution in [1.29, 1.82) is 0 Å². The molecule has 3 atom stereocenters. The lowest BCUT2D eigenvalue weighted by Crippen LogP contribution is -2.12. The smallest absolute Gasteiger partial charge is 0.305 e. The van der Waals surface area contributed by atoms with E-state index in [1.54, 1.807) is 6.92 Å². The summed E-state index contributed by atoms with van der Waals surface area (Å²) in [7, 11) is 0. The normalized spacial score (nSPS) is 18.1. The van der Waals surface area contributed by atoms with Gasteiger partial charge in [-0.05, 0) is 81.0 Å². The summed E-state index contributed by atoms with van der Waals surface area (Å²) < 4.78 is 18.6. The fraction of sp³-hybridized carbons (Fsp3) is 0.902. The minimum Gasteiger partial charge on any atom is -0.465 e. The van der Waals surface area contributed by atoms with Gasteiger partial charge in [0.25, 0.3) is 0 Å². The number of aromatic nitrogens is 3. The van der Waals surface area contributed by atoms with Gasteiger partial charge >= 0.3 is 5.97 Å². The number of hydrogen-bond donors (Lipinski definition) is 0. The molecule has 0 amide bonds. The molecule has 0 saturated heterocycles. The number of Topliss-reactive ketones (excluding diaryl/α,β-unsaturated/α-hetero) is 1. The highest BCUT2D eigenvalue weighted by Crippen LogP contribution is 2.53. The number of ketones is 1. The van der Waals surface area contributed by atoms with Gasteiger partial charge in [0.05, 0.1) is 31.2 Å². The standard InChI is InChI=1S/C25H41N3O5.2C8H18/c1-18(2)16-28-24-11-9-21-20(8-10-23(24)26-27-28)22(21)17-33-25(30)7-5-13-32-15-14-31-12-4-6-19(3)29;2*1-4-5-6-7-8(2)3/h18,20-22H,4-17H2,1-3H3;2*8H,4-7H2,1-3H3/t20-,21+,22-;;/m1../s1. The van der Waals surface area contributed by atoms with E-state index in [0.29, 0.717) is 76.0 Å². The maximum atomic E-state index is 12.1. The number of aryl methyl sites for hydroxylation is 1. The fourth-order valence-electron chi connectivity index (χ4n) is 6.49. The second-order valence-corrected chi connectivity index (χ2v) is 15.7. The number of unbranched alkanes of at least 4 members (excludes halogenated alkanes) is 4. The van der Waals surface area contributed by atoms with Gasteiger partial charge in [0.15, 0.2) is 0 Å². The molecule has 1 heterocycles. The highest BCUT2D eigenvalue weighted by atomic mass is 16.5. The number of ether oxygens (including phenoxy) is 3. The summed E-state index contributed by atoms with van der Waals surface area (Å²) in [6.45, 7) is 23.3. The second-order valence-electron chi connectivity index (χ2n) is 15.7. The Bertz CT molecular complexity index is 962. The molecule has 0 N–H and O–H groups in total. The first-order chi connectivity index (χ1) is 23.5. The minimum atomic E-state index is -0.129. The predicted octanol–water partition coefficient (Wildman–Crippen LogP) is 9.85. The predicted molar refractivity (Wildman–Crippen MR) is 202 cm³/mol. The topological polar surface area (TPSA) is 92.5 Å². The van der Waals surface area contributed by atoms with Crippen molar-refractivity contribution in [3.8, 4) is 0 Å². The lowest BCUT2D eigenvalue weighted by molar-refractivity contribution is -0.144. The number of hydrogen-bond acceptors (Lipinski definition) is 7. The summed E-state index contributed by atoms with van der Waals surface area (Å²) in [4.78, 5) is 22.9. The third kappa shape index (κ3) is 22.6. The van der Waals surface area contributed by atoms with Crippen LogP contribution in [0.2, 0.25) is 0 Å². The number of carbonyl (C=O) groups is 2. The van der Waals surface area contributed by atoms with E-state index in [-0.39, 0.29) is 11.8 Å². The van der Waals surface area contributed by atoms with Crippen LogP contribution in [-0.4, -0.2) is 59.8 Å². The molecule has 0 aromatic carbocycles. The number of rotatable bonds is 23. The summed E-state index contributed by atoms with van der Waals surface area (Å²) in [6, 6.07) is 0. The molecular formula is C41H77N3O5. The van der Waals surface area contributed by atoms with Gasteiger partial charge in [0, 0.05) is 32.6 Å². The van der Waals surface area contributed by atoms with E-state index in [2.05, 4.69) is 70.4 Å². The Labute approximate surface area is 301 Å². The van der Waals surface area contributed by atoms with Crippen LogP contribution in [0.5, 0.6) is 0 Å². The number of fused-ring (bicyclic) bond motifs is 2. The number of nitrogens with zero attached hydrogens (tertiary/aromatic N) is 3. The molecule has 49 heavy (non-hydrogen) atoms. The summed E-state index contributed by atoms with van der Waals surface area (Å²) in [5.41, 5.74) is 2.48. The van der Waals surface area contributed by atoms with Crippen molar-refractivity contribution in [3.05, 3.63) is 11.4 Å². The van der Waals surface area contributed by atoms with Crippen molar-refractivity contribution in [1.82, 2.24) is 15.0 Å². The molecule has 1 aromatic heterocycles. The molecule has 286 valence electrons. The van der Waals surface area contributed by atoms with Crippen molar-refractivity contribution < 1.29 is 23.8 Å². The van der Waals surface area contributed by atoms with E-state index in [4.69, 9.17) is 14.2 Å². The molecule has 0 bridgehead atoms. The maximum Gasteiger partial charge on any atom is 0.305 e. The summed E-state index contributed by atoms with van der Waals surface area (Å²) in [5.74, 6) is 4.24. The van der Waals surface area contributed by atoms with Crippen molar-refractivity contribution in [2.75, 3.05) is 33.0 Å². The SMILES string of the molecule is CC(=O)CCCOCCOCCCC(=O)OC[C@@H]1[C@@H]2CCc3nnn(CC(C)C)c3CC[C@@H]21.CCCCCC(C)C.CCCCCC(C)C. The van der Waals surface area contributed by atoms with Crippen LogP contribution in [0.3, 0.4) is 0 Å². The van der Waals surface area contributed by atoms with Gasteiger partial charge in [-0.3, -0.25) is 4.79 Å². The van der Waals surface area contributed by atoms with Gasteiger partial charge < -0.3 is 19.0 Å². The first-order valence-electron chi connectivity index (χ1n) is 20.2. The first-order valence-corrected chi connectivity index (χ1v) is 20.2. The first kappa shape index (κ1) is 45.2. The van der Waals surface area contributed by atoms with Gasteiger partial charge in [-0.2, -0.15) is 0 Å². The summed E-state index contributed by atoms with van der Waals surface area (Å²) in [6.07, 6.45) is 17.8. The van der Waals surface area contributed by atoms with Gasteiger partial charge in [0.1, 0.15) is 5.78 Å². The van der Waals surface area contributed by atoms with Crippen LogP contribution in [0.25, 0.3) is 0 Å². The lowest BCUT2D eigenvalue weighted by atomic mass is 10.0. The van der Waals surface area contributed by atoms with Crippen molar-refractivity contribution in [3.63, 3.8) is 0 Å². The average molecular weight is 692 g/mol. The van der Waals surface area contributed by atoms with Crippen LogP contribution in [0.15, 0.2) is 0 Å². The van der Waals surface area contributed by atoms with Crippen LogP contribution in [0.4, 0.5) is 0 Å². The zero-order valence-electron chi connectivity index (χ0n) is 33.4. The highest BCUT2D eigenvalue weighted by molar-refractivity contribution is 5.75. The molecule has 0 spiro atoms. The quantitative estimate of drug-likeness (QED) is 0.0833. The van der Waals surface area contributed by atoms with Crippen molar-refractivity contribution in [2.45, 2.75) is 172 Å². The lowest BCUT2D eigenvalue weighted by Gasteiger charge is -2.12. The van der Waals surface area contributed by atoms with E-state index < -0.39 is 0 Å². The molecule has 0 radical (unpaired) electrons. The second kappa shape index (κ2) is 27.9. The van der Waals surface area contributed by atoms with Crippen LogP contribution in [0, 0.1) is 35.5 Å². The molecular weight excluding hydrogens is 614 g/mol. The van der Waals surface area contributed by atoms with E-state index >= 15 is 0 Å². The molecule has 8 heteroatoms. The van der Waals surface area contributed by atoms with Crippen LogP contribution < -0.4 is 0 Å². The van der Waals surface area contributed by atoms with Gasteiger partial charge in [0.2, 0.25) is 0 Å². The van der Waals surface area contributed by atoms with Gasteiger partial charge in [-0.1, -0.05) is 112 Å². The van der Waals surface area contributed by atoms with Crippen molar-refractivity contribution in [2.24, 2.45) is 35.5 Å². The molecule has 1 fully saturated rings. The average Bonchev–Trinajstić information content (AvgIpc) is 3.55. The molecule has 0 aliphatic heterocycles. The van der Waals surface area contributed by atoms with E-state index in [1.165, 1.54) is 62.8 Å². The zero-order valence-corrected chi connectivity index (χ0v) is 33.4. The van der Waals surface area contributed by atoms with Crippen LogP contribution in [-0.2, 0) is 43.2 Å². The molecule has 3 rings (SSSR count). The molecule has 0 unspecified atom stereocenters. The fourth-order valence-corrected chi connectivity index (χ4v) is 6.49.